The summed E-state index contributed by atoms with van der Waals surface area (Å²) in [6.07, 6.45) is 1.05. The molecule has 2 aromatic rings. The summed E-state index contributed by atoms with van der Waals surface area (Å²) in [5, 5.41) is 5.19. The van der Waals surface area contributed by atoms with E-state index in [0.29, 0.717) is 0 Å². The van der Waals surface area contributed by atoms with Gasteiger partial charge in [0.05, 0.1) is 21.9 Å². The molecule has 0 spiro atoms. The number of aromatic nitrogens is 2. The van der Waals surface area contributed by atoms with Gasteiger partial charge in [0.15, 0.2) is 5.82 Å². The zero-order chi connectivity index (χ0) is 14.2. The highest BCUT2D eigenvalue weighted by Crippen LogP contribution is 2.29. The van der Waals surface area contributed by atoms with Gasteiger partial charge < -0.3 is 5.73 Å². The van der Waals surface area contributed by atoms with E-state index in [1.54, 1.807) is 0 Å². The maximum atomic E-state index is 13.2. The molecule has 0 atom stereocenters. The number of benzene rings is 1. The first kappa shape index (κ1) is 13.9. The summed E-state index contributed by atoms with van der Waals surface area (Å²) in [6.45, 7) is 0. The average Bonchev–Trinajstić information content (AvgIpc) is 2.72. The highest BCUT2D eigenvalue weighted by Gasteiger charge is 2.20. The summed E-state index contributed by atoms with van der Waals surface area (Å²) in [7, 11) is -3.96. The number of hydrogen-bond donors (Lipinski definition) is 3. The van der Waals surface area contributed by atoms with E-state index in [-0.39, 0.29) is 26.4 Å². The zero-order valence-electron chi connectivity index (χ0n) is 9.12. The Bertz CT molecular complexity index is 709. The monoisotopic (exact) mass is 324 g/mol. The van der Waals surface area contributed by atoms with Gasteiger partial charge in [-0.3, -0.25) is 9.82 Å². The first-order valence-electron chi connectivity index (χ1n) is 4.77. The van der Waals surface area contributed by atoms with Crippen molar-refractivity contribution in [2.45, 2.75) is 4.90 Å². The normalized spacial score (nSPS) is 11.5. The van der Waals surface area contributed by atoms with Gasteiger partial charge in [0.1, 0.15) is 10.7 Å². The quantitative estimate of drug-likeness (QED) is 0.753. The van der Waals surface area contributed by atoms with E-state index >= 15 is 0 Å². The van der Waals surface area contributed by atoms with Crippen LogP contribution in [0.1, 0.15) is 0 Å². The van der Waals surface area contributed by atoms with Gasteiger partial charge in [-0.1, -0.05) is 23.2 Å². The lowest BCUT2D eigenvalue weighted by atomic mass is 10.3. The number of nitrogens with two attached hydrogens (primary N) is 1. The fourth-order valence-corrected chi connectivity index (χ4v) is 2.88. The highest BCUT2D eigenvalue weighted by molar-refractivity contribution is 7.92. The van der Waals surface area contributed by atoms with Crippen molar-refractivity contribution in [1.82, 2.24) is 10.2 Å². The van der Waals surface area contributed by atoms with Crippen LogP contribution in [0, 0.1) is 5.82 Å². The van der Waals surface area contributed by atoms with E-state index in [2.05, 4.69) is 14.9 Å². The third-order valence-corrected chi connectivity index (χ3v) is 4.12. The van der Waals surface area contributed by atoms with Crippen LogP contribution in [-0.4, -0.2) is 18.6 Å². The molecule has 19 heavy (non-hydrogen) atoms. The Kier molecular flexibility index (Phi) is 3.57. The van der Waals surface area contributed by atoms with Crippen LogP contribution in [0.3, 0.4) is 0 Å². The summed E-state index contributed by atoms with van der Waals surface area (Å²) >= 11 is 11.1. The Hall–Kier alpha value is -1.51. The lowest BCUT2D eigenvalue weighted by Crippen LogP contribution is -2.14. The maximum Gasteiger partial charge on any atom is 0.267 e. The minimum atomic E-state index is -3.96. The SMILES string of the molecule is Nc1[nH]ncc1S(=O)(=O)Nc1cc(Cl)c(F)c(Cl)c1. The largest absolute Gasteiger partial charge is 0.383 e. The molecule has 0 aliphatic heterocycles. The van der Waals surface area contributed by atoms with Gasteiger partial charge >= 0.3 is 0 Å². The van der Waals surface area contributed by atoms with Crippen LogP contribution in [0.4, 0.5) is 15.9 Å². The van der Waals surface area contributed by atoms with Crippen LogP contribution in [-0.2, 0) is 10.0 Å². The van der Waals surface area contributed by atoms with Crippen LogP contribution >= 0.6 is 23.2 Å². The lowest BCUT2D eigenvalue weighted by Gasteiger charge is -2.08. The van der Waals surface area contributed by atoms with E-state index in [1.165, 1.54) is 0 Å². The molecule has 0 aliphatic rings. The molecule has 6 nitrogen and oxygen atoms in total. The molecule has 2 rings (SSSR count). The van der Waals surface area contributed by atoms with Crippen LogP contribution in [0.25, 0.3) is 0 Å². The molecule has 1 heterocycles. The number of rotatable bonds is 3. The number of nitrogens with one attached hydrogen (secondary N) is 2. The molecule has 1 aromatic carbocycles. The number of hydrogen-bond acceptors (Lipinski definition) is 4. The predicted octanol–water partition coefficient (Wildman–Crippen LogP) is 2.24. The minimum Gasteiger partial charge on any atom is -0.383 e. The Labute approximate surface area is 117 Å². The predicted molar refractivity (Wildman–Crippen MR) is 70.2 cm³/mol. The molecule has 0 bridgehead atoms. The van der Waals surface area contributed by atoms with Crippen molar-refractivity contribution < 1.29 is 12.8 Å². The molecule has 0 amide bonds. The van der Waals surface area contributed by atoms with Gasteiger partial charge in [0.2, 0.25) is 0 Å². The average molecular weight is 325 g/mol. The van der Waals surface area contributed by atoms with E-state index in [9.17, 15) is 12.8 Å². The van der Waals surface area contributed by atoms with E-state index in [0.717, 1.165) is 18.3 Å². The molecule has 102 valence electrons. The summed E-state index contributed by atoms with van der Waals surface area (Å²) in [5.74, 6) is -0.944. The van der Waals surface area contributed by atoms with Crippen LogP contribution in [0.2, 0.25) is 10.0 Å². The second-order valence-electron chi connectivity index (χ2n) is 3.51. The van der Waals surface area contributed by atoms with Gasteiger partial charge in [-0.15, -0.1) is 0 Å². The van der Waals surface area contributed by atoms with Gasteiger partial charge in [-0.25, -0.2) is 12.8 Å². The zero-order valence-corrected chi connectivity index (χ0v) is 11.4. The molecule has 4 N–H and O–H groups in total. The molecular weight excluding hydrogens is 318 g/mol. The molecular formula is C9H7Cl2FN4O2S. The Morgan fingerprint density at radius 1 is 1.32 bits per heavy atom. The first-order chi connectivity index (χ1) is 8.81. The molecule has 1 aromatic heterocycles. The number of anilines is 2. The smallest absolute Gasteiger partial charge is 0.267 e. The molecule has 10 heteroatoms. The lowest BCUT2D eigenvalue weighted by molar-refractivity contribution is 0.601. The third kappa shape index (κ3) is 2.75. The maximum absolute atomic E-state index is 13.2. The van der Waals surface area contributed by atoms with Crippen molar-refractivity contribution in [3.8, 4) is 0 Å². The summed E-state index contributed by atoms with van der Waals surface area (Å²) < 4.78 is 39.3. The number of nitrogen functional groups attached to an aromatic ring is 1. The number of halogens is 3. The fraction of sp³-hybridized carbons (Fsp3) is 0. The number of nitrogens with zero attached hydrogens (tertiary/aromatic N) is 1. The highest BCUT2D eigenvalue weighted by atomic mass is 35.5. The topological polar surface area (TPSA) is 101 Å². The summed E-state index contributed by atoms with van der Waals surface area (Å²) in [5.41, 5.74) is 5.43. The summed E-state index contributed by atoms with van der Waals surface area (Å²) in [4.78, 5) is -0.232. The molecule has 0 aliphatic carbocycles. The molecule has 0 fully saturated rings. The van der Waals surface area contributed by atoms with Gasteiger partial charge in [-0.05, 0) is 12.1 Å². The van der Waals surface area contributed by atoms with E-state index in [1.807, 2.05) is 0 Å². The van der Waals surface area contributed by atoms with Crippen molar-refractivity contribution in [3.63, 3.8) is 0 Å². The van der Waals surface area contributed by atoms with E-state index < -0.39 is 15.8 Å². The number of H-pyrrole nitrogens is 1. The molecule has 0 saturated carbocycles. The Morgan fingerprint density at radius 2 is 1.89 bits per heavy atom. The number of sulfonamides is 1. The Morgan fingerprint density at radius 3 is 2.37 bits per heavy atom. The van der Waals surface area contributed by atoms with Crippen molar-refractivity contribution in [1.29, 1.82) is 0 Å². The minimum absolute atomic E-state index is 0.0111. The standard InChI is InChI=1S/C9H7Cl2FN4O2S/c10-5-1-4(2-6(11)8(5)12)16-19(17,18)7-3-14-15-9(7)13/h1-3,16H,(H3,13,14,15). The Balaban J connectivity index is 2.39. The van der Waals surface area contributed by atoms with Crippen molar-refractivity contribution >= 4 is 44.7 Å². The van der Waals surface area contributed by atoms with Crippen molar-refractivity contribution in [3.05, 3.63) is 34.2 Å². The second kappa shape index (κ2) is 4.87. The van der Waals surface area contributed by atoms with Crippen LogP contribution in [0.15, 0.2) is 23.2 Å². The van der Waals surface area contributed by atoms with Crippen molar-refractivity contribution in [2.24, 2.45) is 0 Å². The fourth-order valence-electron chi connectivity index (χ4n) is 1.32. The first-order valence-corrected chi connectivity index (χ1v) is 7.01. The molecule has 0 saturated heterocycles. The van der Waals surface area contributed by atoms with Crippen molar-refractivity contribution in [2.75, 3.05) is 10.5 Å². The second-order valence-corrected chi connectivity index (χ2v) is 5.97. The van der Waals surface area contributed by atoms with E-state index in [4.69, 9.17) is 28.9 Å². The molecule has 0 radical (unpaired) electrons. The van der Waals surface area contributed by atoms with Gasteiger partial charge in [0.25, 0.3) is 10.0 Å². The van der Waals surface area contributed by atoms with Crippen LogP contribution in [0.5, 0.6) is 0 Å². The summed E-state index contributed by atoms with van der Waals surface area (Å²) in [6, 6.07) is 2.19. The third-order valence-electron chi connectivity index (χ3n) is 2.16. The van der Waals surface area contributed by atoms with Crippen LogP contribution < -0.4 is 10.5 Å². The van der Waals surface area contributed by atoms with Gasteiger partial charge in [0, 0.05) is 0 Å². The number of aromatic amines is 1. The van der Waals surface area contributed by atoms with Gasteiger partial charge in [-0.2, -0.15) is 5.10 Å². The molecule has 0 unspecified atom stereocenters.